The first kappa shape index (κ1) is 9.62. The topological polar surface area (TPSA) is 21.3 Å². The minimum absolute atomic E-state index is 0.117. The van der Waals surface area contributed by atoms with Gasteiger partial charge in [0.25, 0.3) is 0 Å². The number of halogens is 1. The summed E-state index contributed by atoms with van der Waals surface area (Å²) in [6.07, 6.45) is 0.772. The molecule has 0 aromatic heterocycles. The molecule has 1 heterocycles. The van der Waals surface area contributed by atoms with Crippen molar-refractivity contribution in [2.75, 3.05) is 20.2 Å². The molecule has 0 amide bonds. The third-order valence-corrected chi connectivity index (χ3v) is 2.74. The average molecular weight is 195 g/mol. The fraction of sp³-hybridized carbons (Fsp3) is 0.455. The Morgan fingerprint density at radius 3 is 2.79 bits per heavy atom. The fourth-order valence-corrected chi connectivity index (χ4v) is 1.76. The van der Waals surface area contributed by atoms with Crippen LogP contribution in [0.2, 0.25) is 0 Å². The summed E-state index contributed by atoms with van der Waals surface area (Å²) in [6, 6.07) is 6.70. The van der Waals surface area contributed by atoms with E-state index in [0.717, 1.165) is 25.1 Å². The standard InChI is InChI=1S/C11H14FNO/c1-14-11(7-13-8-11)6-9-3-2-4-10(12)5-9/h2-5,13H,6-8H2,1H3. The average Bonchev–Trinajstić information content (AvgIpc) is 2.11. The van der Waals surface area contributed by atoms with Gasteiger partial charge in [0.1, 0.15) is 5.82 Å². The van der Waals surface area contributed by atoms with Crippen LogP contribution in [0.1, 0.15) is 5.56 Å². The number of nitrogens with one attached hydrogen (secondary N) is 1. The summed E-state index contributed by atoms with van der Waals surface area (Å²) in [5.74, 6) is -0.180. The Hall–Kier alpha value is -0.930. The molecule has 0 saturated carbocycles. The molecule has 1 aliphatic rings. The highest BCUT2D eigenvalue weighted by Gasteiger charge is 2.36. The molecule has 0 aliphatic carbocycles. The van der Waals surface area contributed by atoms with Crippen molar-refractivity contribution in [1.29, 1.82) is 0 Å². The second kappa shape index (κ2) is 3.67. The van der Waals surface area contributed by atoms with Gasteiger partial charge in [0.2, 0.25) is 0 Å². The highest BCUT2D eigenvalue weighted by molar-refractivity contribution is 5.20. The molecule has 1 N–H and O–H groups in total. The van der Waals surface area contributed by atoms with Crippen LogP contribution in [0.4, 0.5) is 4.39 Å². The van der Waals surface area contributed by atoms with Gasteiger partial charge < -0.3 is 10.1 Å². The largest absolute Gasteiger partial charge is 0.375 e. The number of methoxy groups -OCH3 is 1. The van der Waals surface area contributed by atoms with Gasteiger partial charge in [0, 0.05) is 26.6 Å². The molecule has 0 bridgehead atoms. The van der Waals surface area contributed by atoms with Crippen LogP contribution in [0.25, 0.3) is 0 Å². The van der Waals surface area contributed by atoms with Crippen LogP contribution in [0.5, 0.6) is 0 Å². The maximum atomic E-state index is 12.9. The Morgan fingerprint density at radius 2 is 2.29 bits per heavy atom. The fourth-order valence-electron chi connectivity index (χ4n) is 1.76. The minimum Gasteiger partial charge on any atom is -0.375 e. The molecule has 1 saturated heterocycles. The molecule has 0 atom stereocenters. The molecule has 0 radical (unpaired) electrons. The Bertz CT molecular complexity index is 317. The quantitative estimate of drug-likeness (QED) is 0.786. The molecule has 2 nitrogen and oxygen atoms in total. The molecule has 0 spiro atoms. The summed E-state index contributed by atoms with van der Waals surface area (Å²) in [4.78, 5) is 0. The van der Waals surface area contributed by atoms with Gasteiger partial charge in [-0.3, -0.25) is 0 Å². The lowest BCUT2D eigenvalue weighted by Gasteiger charge is -2.41. The van der Waals surface area contributed by atoms with E-state index in [1.165, 1.54) is 6.07 Å². The van der Waals surface area contributed by atoms with Crippen LogP contribution in [0.15, 0.2) is 24.3 Å². The van der Waals surface area contributed by atoms with Crippen molar-refractivity contribution in [1.82, 2.24) is 5.32 Å². The van der Waals surface area contributed by atoms with E-state index in [1.54, 1.807) is 19.2 Å². The monoisotopic (exact) mass is 195 g/mol. The number of rotatable bonds is 3. The summed E-state index contributed by atoms with van der Waals surface area (Å²) in [6.45, 7) is 1.69. The van der Waals surface area contributed by atoms with Crippen molar-refractivity contribution in [3.63, 3.8) is 0 Å². The number of hydrogen-bond acceptors (Lipinski definition) is 2. The van der Waals surface area contributed by atoms with Gasteiger partial charge in [-0.2, -0.15) is 0 Å². The second-order valence-electron chi connectivity index (χ2n) is 3.80. The Kier molecular flexibility index (Phi) is 2.52. The summed E-state index contributed by atoms with van der Waals surface area (Å²) in [5, 5.41) is 3.17. The van der Waals surface area contributed by atoms with Crippen molar-refractivity contribution in [2.24, 2.45) is 0 Å². The zero-order valence-corrected chi connectivity index (χ0v) is 8.22. The first-order valence-electron chi connectivity index (χ1n) is 4.74. The number of ether oxygens (including phenoxy) is 1. The highest BCUT2D eigenvalue weighted by atomic mass is 19.1. The second-order valence-corrected chi connectivity index (χ2v) is 3.80. The molecule has 76 valence electrons. The van der Waals surface area contributed by atoms with Crippen LogP contribution in [-0.4, -0.2) is 25.8 Å². The Labute approximate surface area is 83.1 Å². The summed E-state index contributed by atoms with van der Waals surface area (Å²) < 4.78 is 18.3. The molecule has 14 heavy (non-hydrogen) atoms. The van der Waals surface area contributed by atoms with E-state index < -0.39 is 0 Å². The number of benzene rings is 1. The maximum Gasteiger partial charge on any atom is 0.123 e. The van der Waals surface area contributed by atoms with Crippen molar-refractivity contribution in [3.05, 3.63) is 35.6 Å². The zero-order chi connectivity index (χ0) is 10.0. The van der Waals surface area contributed by atoms with Gasteiger partial charge in [-0.15, -0.1) is 0 Å². The smallest absolute Gasteiger partial charge is 0.123 e. The molecule has 1 aromatic carbocycles. The van der Waals surface area contributed by atoms with Crippen LogP contribution in [0, 0.1) is 5.82 Å². The van der Waals surface area contributed by atoms with Crippen molar-refractivity contribution in [2.45, 2.75) is 12.0 Å². The van der Waals surface area contributed by atoms with Gasteiger partial charge in [0.15, 0.2) is 0 Å². The SMILES string of the molecule is COC1(Cc2cccc(F)c2)CNC1. The van der Waals surface area contributed by atoms with Gasteiger partial charge in [0.05, 0.1) is 5.60 Å². The first-order chi connectivity index (χ1) is 6.74. The van der Waals surface area contributed by atoms with E-state index >= 15 is 0 Å². The molecule has 1 aromatic rings. The predicted octanol–water partition coefficient (Wildman–Crippen LogP) is 1.36. The molecule has 2 rings (SSSR count). The van der Waals surface area contributed by atoms with Crippen molar-refractivity contribution < 1.29 is 9.13 Å². The van der Waals surface area contributed by atoms with Crippen LogP contribution in [0.3, 0.4) is 0 Å². The summed E-state index contributed by atoms with van der Waals surface area (Å²) >= 11 is 0. The van der Waals surface area contributed by atoms with E-state index in [2.05, 4.69) is 5.32 Å². The Morgan fingerprint density at radius 1 is 1.50 bits per heavy atom. The normalized spacial score (nSPS) is 19.0. The third kappa shape index (κ3) is 1.79. The lowest BCUT2D eigenvalue weighted by atomic mass is 9.89. The summed E-state index contributed by atoms with van der Waals surface area (Å²) in [5.41, 5.74) is 0.877. The number of hydrogen-bond donors (Lipinski definition) is 1. The van der Waals surface area contributed by atoms with Gasteiger partial charge in [-0.25, -0.2) is 4.39 Å². The predicted molar refractivity (Wildman–Crippen MR) is 52.7 cm³/mol. The first-order valence-corrected chi connectivity index (χ1v) is 4.74. The van der Waals surface area contributed by atoms with E-state index in [9.17, 15) is 4.39 Å². The van der Waals surface area contributed by atoms with Gasteiger partial charge >= 0.3 is 0 Å². The van der Waals surface area contributed by atoms with Gasteiger partial charge in [-0.05, 0) is 17.7 Å². The molecule has 0 unspecified atom stereocenters. The van der Waals surface area contributed by atoms with E-state index in [-0.39, 0.29) is 11.4 Å². The molecule has 3 heteroatoms. The minimum atomic E-state index is -0.180. The van der Waals surface area contributed by atoms with E-state index in [1.807, 2.05) is 6.07 Å². The lowest BCUT2D eigenvalue weighted by Crippen LogP contribution is -2.61. The van der Waals surface area contributed by atoms with Crippen molar-refractivity contribution in [3.8, 4) is 0 Å². The molecular weight excluding hydrogens is 181 g/mol. The zero-order valence-electron chi connectivity index (χ0n) is 8.22. The van der Waals surface area contributed by atoms with Crippen LogP contribution in [-0.2, 0) is 11.2 Å². The van der Waals surface area contributed by atoms with Crippen LogP contribution >= 0.6 is 0 Å². The van der Waals surface area contributed by atoms with E-state index in [4.69, 9.17) is 4.74 Å². The Balaban J connectivity index is 2.09. The van der Waals surface area contributed by atoms with Crippen molar-refractivity contribution >= 4 is 0 Å². The lowest BCUT2D eigenvalue weighted by molar-refractivity contribution is -0.0502. The third-order valence-electron chi connectivity index (χ3n) is 2.74. The van der Waals surface area contributed by atoms with Gasteiger partial charge in [-0.1, -0.05) is 12.1 Å². The highest BCUT2D eigenvalue weighted by Crippen LogP contribution is 2.21. The molecule has 1 fully saturated rings. The van der Waals surface area contributed by atoms with Crippen LogP contribution < -0.4 is 5.32 Å². The maximum absolute atomic E-state index is 12.9. The van der Waals surface area contributed by atoms with E-state index in [0.29, 0.717) is 0 Å². The molecular formula is C11H14FNO. The molecule has 1 aliphatic heterocycles. The summed E-state index contributed by atoms with van der Waals surface area (Å²) in [7, 11) is 1.71.